The number of nitrogens with two attached hydrogens (primary N) is 1. The molecule has 5 N–H and O–H groups in total. The quantitative estimate of drug-likeness (QED) is 0.0156. The van der Waals surface area contributed by atoms with Gasteiger partial charge < -0.3 is 15.7 Å². The fraction of sp³-hybridized carbons (Fsp3) is 0.133. The summed E-state index contributed by atoms with van der Waals surface area (Å²) in [5.74, 6) is -3.23. The summed E-state index contributed by atoms with van der Waals surface area (Å²) in [6.45, 7) is 0. The first-order chi connectivity index (χ1) is 25.2. The van der Waals surface area contributed by atoms with E-state index in [-0.39, 0.29) is 49.7 Å². The molecule has 0 spiro atoms. The number of phenolic OH excluding ortho intramolecular Hbond substituents is 1. The van der Waals surface area contributed by atoms with Crippen LogP contribution < -0.4 is 10.6 Å². The molecule has 0 radical (unpaired) electrons. The van der Waals surface area contributed by atoms with Crippen LogP contribution in [-0.2, 0) is 69.7 Å². The lowest BCUT2D eigenvalue weighted by molar-refractivity contribution is -0.403. The number of hydrogen-bond acceptors (Lipinski definition) is 18. The summed E-state index contributed by atoms with van der Waals surface area (Å²) in [5.41, 5.74) is 5.01. The Bertz CT molecular complexity index is 2750. The lowest BCUT2D eigenvalue weighted by Crippen LogP contribution is -2.06. The van der Waals surface area contributed by atoms with Crippen molar-refractivity contribution in [1.82, 2.24) is 0 Å². The number of azo groups is 1. The summed E-state index contributed by atoms with van der Waals surface area (Å²) < 4.78 is 132. The lowest BCUT2D eigenvalue weighted by Gasteiger charge is -2.15. The zero-order chi connectivity index (χ0) is 39.6. The fourth-order valence-electron chi connectivity index (χ4n) is 5.12. The highest BCUT2D eigenvalue weighted by molar-refractivity contribution is 7.94. The van der Waals surface area contributed by atoms with Gasteiger partial charge in [-0.3, -0.25) is 17.5 Å². The van der Waals surface area contributed by atoms with Crippen LogP contribution in [0.1, 0.15) is 11.1 Å². The largest absolute Gasteiger partial charge is 0.507 e. The van der Waals surface area contributed by atoms with Crippen LogP contribution in [0.2, 0.25) is 0 Å². The molecule has 5 rings (SSSR count). The molecule has 0 aliphatic carbocycles. The maximum Gasteiger partial charge on any atom is 0.297 e. The molecule has 0 amide bonds. The molecule has 0 saturated heterocycles. The average molecular weight is 846 g/mol. The summed E-state index contributed by atoms with van der Waals surface area (Å²) in [7, 11) is -16.6. The van der Waals surface area contributed by atoms with Gasteiger partial charge in [-0.25, -0.2) is 0 Å². The second kappa shape index (κ2) is 15.7. The lowest BCUT2D eigenvalue weighted by atomic mass is 10.0. The van der Waals surface area contributed by atoms with E-state index in [4.69, 9.17) is 20.0 Å². The molecule has 0 heterocycles. The Morgan fingerprint density at radius 1 is 0.722 bits per heavy atom. The Morgan fingerprint density at radius 3 is 2.00 bits per heavy atom. The third kappa shape index (κ3) is 9.42. The predicted molar refractivity (Wildman–Crippen MR) is 192 cm³/mol. The minimum Gasteiger partial charge on any atom is -0.507 e. The molecule has 0 aliphatic rings. The summed E-state index contributed by atoms with van der Waals surface area (Å²) in [5, 5.41) is 23.1. The Balaban J connectivity index is 1.72. The van der Waals surface area contributed by atoms with Crippen LogP contribution in [0.4, 0.5) is 17.1 Å². The minimum atomic E-state index is -4.78. The first kappa shape index (κ1) is 40.7. The van der Waals surface area contributed by atoms with Crippen molar-refractivity contribution in [1.29, 1.82) is 0 Å². The monoisotopic (exact) mass is 845 g/mol. The number of hydrogen-bond donors (Lipinski definition) is 4. The summed E-state index contributed by atoms with van der Waals surface area (Å²) in [6.07, 6.45) is 0. The Labute approximate surface area is 312 Å². The van der Waals surface area contributed by atoms with Crippen molar-refractivity contribution in [2.45, 2.75) is 26.2 Å². The number of fused-ring (bicyclic) bond motifs is 2. The van der Waals surface area contributed by atoms with E-state index >= 15 is 0 Å². The molecule has 0 aromatic heterocycles. The van der Waals surface area contributed by atoms with Crippen molar-refractivity contribution in [2.75, 3.05) is 20.0 Å². The van der Waals surface area contributed by atoms with Gasteiger partial charge in [0.1, 0.15) is 27.8 Å². The van der Waals surface area contributed by atoms with E-state index in [0.29, 0.717) is 4.90 Å². The number of anilines is 1. The van der Waals surface area contributed by atoms with E-state index in [1.54, 1.807) is 30.3 Å². The number of phenols is 1. The number of nitrogen functional groups attached to an aromatic ring is 1. The van der Waals surface area contributed by atoms with Gasteiger partial charge in [-0.2, -0.15) is 33.7 Å². The van der Waals surface area contributed by atoms with Crippen molar-refractivity contribution in [3.63, 3.8) is 0 Å². The Kier molecular flexibility index (Phi) is 11.8. The molecule has 0 unspecified atom stereocenters. The Hall–Kier alpha value is -4.47. The Morgan fingerprint density at radius 2 is 1.37 bits per heavy atom. The van der Waals surface area contributed by atoms with Crippen LogP contribution in [0, 0.1) is 0 Å². The van der Waals surface area contributed by atoms with Gasteiger partial charge in [-0.1, -0.05) is 18.2 Å². The smallest absolute Gasteiger partial charge is 0.297 e. The van der Waals surface area contributed by atoms with Gasteiger partial charge in [-0.05, 0) is 70.1 Å². The van der Waals surface area contributed by atoms with Gasteiger partial charge in [0.2, 0.25) is 0 Å². The molecular formula is C30H27N3O16S5. The van der Waals surface area contributed by atoms with E-state index < -0.39 is 73.3 Å². The van der Waals surface area contributed by atoms with Gasteiger partial charge in [0.15, 0.2) is 5.75 Å². The first-order valence-electron chi connectivity index (χ1n) is 14.6. The predicted octanol–water partition coefficient (Wildman–Crippen LogP) is 5.09. The van der Waals surface area contributed by atoms with Crippen LogP contribution in [-0.4, -0.2) is 62.1 Å². The third-order valence-corrected chi connectivity index (χ3v) is 11.9. The van der Waals surface area contributed by atoms with E-state index in [2.05, 4.69) is 18.6 Å². The van der Waals surface area contributed by atoms with Crippen molar-refractivity contribution < 1.29 is 70.5 Å². The zero-order valence-electron chi connectivity index (χ0n) is 27.5. The molecule has 0 aliphatic heterocycles. The van der Waals surface area contributed by atoms with Crippen molar-refractivity contribution in [3.8, 4) is 11.5 Å². The molecule has 5 aromatic carbocycles. The van der Waals surface area contributed by atoms with Crippen molar-refractivity contribution >= 4 is 91.1 Å². The average Bonchev–Trinajstić information content (AvgIpc) is 3.09. The number of benzene rings is 5. The van der Waals surface area contributed by atoms with Crippen LogP contribution in [0.3, 0.4) is 0 Å². The molecule has 24 heteroatoms. The third-order valence-electron chi connectivity index (χ3n) is 7.34. The van der Waals surface area contributed by atoms with Gasteiger partial charge in [-0.15, -0.1) is 14.6 Å². The number of aromatic hydroxyl groups is 1. The highest BCUT2D eigenvalue weighted by Crippen LogP contribution is 2.44. The molecule has 288 valence electrons. The van der Waals surface area contributed by atoms with Gasteiger partial charge >= 0.3 is 0 Å². The first-order valence-corrected chi connectivity index (χ1v) is 21.3. The molecule has 19 nitrogen and oxygen atoms in total. The van der Waals surface area contributed by atoms with E-state index in [1.165, 1.54) is 0 Å². The number of rotatable bonds is 15. The van der Waals surface area contributed by atoms with Gasteiger partial charge in [0.05, 0.1) is 47.9 Å². The van der Waals surface area contributed by atoms with Gasteiger partial charge in [0, 0.05) is 21.7 Å². The zero-order valence-corrected chi connectivity index (χ0v) is 31.6. The van der Waals surface area contributed by atoms with Crippen LogP contribution in [0.15, 0.2) is 97.7 Å². The van der Waals surface area contributed by atoms with Gasteiger partial charge in [0.25, 0.3) is 40.5 Å². The maximum atomic E-state index is 13.0. The molecule has 0 atom stereocenters. The van der Waals surface area contributed by atoms with E-state index in [1.807, 2.05) is 0 Å². The molecule has 0 saturated carbocycles. The maximum absolute atomic E-state index is 13.0. The highest BCUT2D eigenvalue weighted by Gasteiger charge is 2.25. The van der Waals surface area contributed by atoms with E-state index in [0.717, 1.165) is 68.7 Å². The normalized spacial score (nSPS) is 12.9. The van der Waals surface area contributed by atoms with Crippen LogP contribution >= 0.6 is 12.0 Å². The molecule has 0 fully saturated rings. The van der Waals surface area contributed by atoms with Crippen molar-refractivity contribution in [2.24, 2.45) is 10.2 Å². The minimum absolute atomic E-state index is 0.181. The molecule has 5 aromatic rings. The molecular weight excluding hydrogens is 819 g/mol. The standard InChI is InChI=1S/C30H27N3O16S5/c1-45-53(41,42)20-13-21-18(16-52(38,39)40)12-24(30(31)29(21)25(34)14-20)33-32-23-8-9-27(54(43,44)46-2)22-10-17(15-51(35,36)37)11-26(28(22)23)47-48-49-50-19-6-4-3-5-7-19/h3-14,34H,15-16,31H2,1-2H3,(H,35,36,37)(H,38,39,40). The molecule has 0 bridgehead atoms. The summed E-state index contributed by atoms with van der Waals surface area (Å²) in [4.78, 5) is 4.85. The second-order valence-electron chi connectivity index (χ2n) is 10.9. The summed E-state index contributed by atoms with van der Waals surface area (Å²) >= 11 is 0.718. The molecule has 54 heavy (non-hydrogen) atoms. The van der Waals surface area contributed by atoms with E-state index in [9.17, 15) is 47.9 Å². The summed E-state index contributed by atoms with van der Waals surface area (Å²) in [6, 6.07) is 15.7. The van der Waals surface area contributed by atoms with Crippen molar-refractivity contribution in [3.05, 3.63) is 83.9 Å². The SMILES string of the molecule is COS(=O)(=O)c1cc(O)c2c(N)c(N=Nc3ccc(S(=O)(=O)OC)c4cc(CS(=O)(=O)O)cc(OOOSc5ccccc5)c34)cc(CS(=O)(=O)O)c2c1. The topological polar surface area (TPSA) is 294 Å². The van der Waals surface area contributed by atoms with Crippen LogP contribution in [0.5, 0.6) is 11.5 Å². The number of nitrogens with zero attached hydrogens (tertiary/aromatic N) is 2. The van der Waals surface area contributed by atoms with Crippen LogP contribution in [0.25, 0.3) is 21.5 Å². The second-order valence-corrected chi connectivity index (χ2v) is 18.0. The fourth-order valence-corrected chi connectivity index (χ4v) is 8.30. The highest BCUT2D eigenvalue weighted by atomic mass is 32.2.